The second-order valence-corrected chi connectivity index (χ2v) is 5.74. The fourth-order valence-electron chi connectivity index (χ4n) is 2.62. The van der Waals surface area contributed by atoms with Gasteiger partial charge < -0.3 is 10.2 Å². The van der Waals surface area contributed by atoms with Gasteiger partial charge in [-0.15, -0.1) is 0 Å². The van der Waals surface area contributed by atoms with Gasteiger partial charge in [0.05, 0.1) is 0 Å². The Morgan fingerprint density at radius 2 is 2.11 bits per heavy atom. The van der Waals surface area contributed by atoms with Crippen LogP contribution in [0.25, 0.3) is 0 Å². The van der Waals surface area contributed by atoms with Crippen LogP contribution in [-0.2, 0) is 6.54 Å². The van der Waals surface area contributed by atoms with E-state index in [0.717, 1.165) is 30.7 Å². The van der Waals surface area contributed by atoms with Crippen LogP contribution in [-0.4, -0.2) is 31.1 Å². The summed E-state index contributed by atoms with van der Waals surface area (Å²) in [4.78, 5) is 2.34. The SMILES string of the molecule is CN(CCNC1CCCC1)Cc1cccc(Cl)c1. The molecule has 0 aromatic heterocycles. The Morgan fingerprint density at radius 3 is 2.83 bits per heavy atom. The van der Waals surface area contributed by atoms with Crippen LogP contribution >= 0.6 is 11.6 Å². The number of likely N-dealkylation sites (N-methyl/N-ethyl adjacent to an activating group) is 1. The fourth-order valence-corrected chi connectivity index (χ4v) is 2.83. The van der Waals surface area contributed by atoms with E-state index in [-0.39, 0.29) is 0 Å². The minimum atomic E-state index is 0.768. The molecule has 3 heteroatoms. The molecular formula is C15H23ClN2. The van der Waals surface area contributed by atoms with Crippen molar-refractivity contribution in [2.75, 3.05) is 20.1 Å². The molecule has 0 atom stereocenters. The van der Waals surface area contributed by atoms with E-state index in [9.17, 15) is 0 Å². The zero-order chi connectivity index (χ0) is 12.8. The molecule has 0 unspecified atom stereocenters. The van der Waals surface area contributed by atoms with E-state index in [2.05, 4.69) is 23.3 Å². The van der Waals surface area contributed by atoms with E-state index in [0.29, 0.717) is 0 Å². The summed E-state index contributed by atoms with van der Waals surface area (Å²) in [6.45, 7) is 3.14. The maximum atomic E-state index is 5.99. The highest BCUT2D eigenvalue weighted by atomic mass is 35.5. The van der Waals surface area contributed by atoms with Crippen molar-refractivity contribution in [1.82, 2.24) is 10.2 Å². The third kappa shape index (κ3) is 4.60. The van der Waals surface area contributed by atoms with Gasteiger partial charge in [0.25, 0.3) is 0 Å². The average molecular weight is 267 g/mol. The van der Waals surface area contributed by atoms with Gasteiger partial charge >= 0.3 is 0 Å². The molecule has 2 rings (SSSR count). The van der Waals surface area contributed by atoms with Crippen molar-refractivity contribution in [2.24, 2.45) is 0 Å². The average Bonchev–Trinajstić information content (AvgIpc) is 2.82. The first-order valence-electron chi connectivity index (χ1n) is 6.90. The van der Waals surface area contributed by atoms with Crippen LogP contribution in [0.1, 0.15) is 31.2 Å². The quantitative estimate of drug-likeness (QED) is 0.850. The summed E-state index contributed by atoms with van der Waals surface area (Å²) < 4.78 is 0. The lowest BCUT2D eigenvalue weighted by Crippen LogP contribution is -2.34. The first-order chi connectivity index (χ1) is 8.74. The van der Waals surface area contributed by atoms with E-state index >= 15 is 0 Å². The summed E-state index contributed by atoms with van der Waals surface area (Å²) in [5, 5.41) is 4.47. The van der Waals surface area contributed by atoms with Crippen LogP contribution < -0.4 is 5.32 Å². The molecule has 1 fully saturated rings. The zero-order valence-electron chi connectivity index (χ0n) is 11.2. The minimum Gasteiger partial charge on any atom is -0.313 e. The van der Waals surface area contributed by atoms with Crippen molar-refractivity contribution in [3.63, 3.8) is 0 Å². The van der Waals surface area contributed by atoms with Gasteiger partial charge in [-0.05, 0) is 37.6 Å². The highest BCUT2D eigenvalue weighted by molar-refractivity contribution is 6.30. The first kappa shape index (κ1) is 13.9. The lowest BCUT2D eigenvalue weighted by atomic mass is 10.2. The molecule has 1 aliphatic carbocycles. The van der Waals surface area contributed by atoms with E-state index in [4.69, 9.17) is 11.6 Å². The Kier molecular flexibility index (Phi) is 5.48. The van der Waals surface area contributed by atoms with Crippen LogP contribution in [0.2, 0.25) is 5.02 Å². The summed E-state index contributed by atoms with van der Waals surface area (Å²) in [5.41, 5.74) is 1.28. The van der Waals surface area contributed by atoms with Crippen molar-refractivity contribution >= 4 is 11.6 Å². The Labute approximate surface area is 115 Å². The topological polar surface area (TPSA) is 15.3 Å². The second-order valence-electron chi connectivity index (χ2n) is 5.30. The van der Waals surface area contributed by atoms with E-state index in [1.165, 1.54) is 31.2 Å². The van der Waals surface area contributed by atoms with E-state index in [1.54, 1.807) is 0 Å². The molecule has 1 N–H and O–H groups in total. The van der Waals surface area contributed by atoms with Gasteiger partial charge in [0.15, 0.2) is 0 Å². The smallest absolute Gasteiger partial charge is 0.0409 e. The van der Waals surface area contributed by atoms with Gasteiger partial charge in [0, 0.05) is 30.7 Å². The number of hydrogen-bond acceptors (Lipinski definition) is 2. The molecule has 1 saturated carbocycles. The molecule has 0 aliphatic heterocycles. The van der Waals surface area contributed by atoms with Gasteiger partial charge in [-0.25, -0.2) is 0 Å². The predicted molar refractivity (Wildman–Crippen MR) is 78.0 cm³/mol. The summed E-state index contributed by atoms with van der Waals surface area (Å²) in [7, 11) is 2.16. The molecule has 2 nitrogen and oxygen atoms in total. The predicted octanol–water partition coefficient (Wildman–Crippen LogP) is 3.30. The van der Waals surface area contributed by atoms with Gasteiger partial charge in [0.1, 0.15) is 0 Å². The molecule has 0 amide bonds. The Bertz CT molecular complexity index is 361. The molecule has 100 valence electrons. The molecule has 1 aliphatic rings. The number of hydrogen-bond donors (Lipinski definition) is 1. The number of nitrogens with zero attached hydrogens (tertiary/aromatic N) is 1. The summed E-state index contributed by atoms with van der Waals surface area (Å²) >= 11 is 5.99. The largest absolute Gasteiger partial charge is 0.313 e. The number of halogens is 1. The number of nitrogens with one attached hydrogen (secondary N) is 1. The first-order valence-corrected chi connectivity index (χ1v) is 7.28. The Hall–Kier alpha value is -0.570. The fraction of sp³-hybridized carbons (Fsp3) is 0.600. The van der Waals surface area contributed by atoms with Gasteiger partial charge in [0.2, 0.25) is 0 Å². The second kappa shape index (κ2) is 7.13. The van der Waals surface area contributed by atoms with Crippen LogP contribution in [0.3, 0.4) is 0 Å². The lowest BCUT2D eigenvalue weighted by Gasteiger charge is -2.19. The van der Waals surface area contributed by atoms with Crippen molar-refractivity contribution in [1.29, 1.82) is 0 Å². The van der Waals surface area contributed by atoms with Crippen LogP contribution in [0.5, 0.6) is 0 Å². The Morgan fingerprint density at radius 1 is 1.33 bits per heavy atom. The van der Waals surface area contributed by atoms with Gasteiger partial charge in [-0.2, -0.15) is 0 Å². The molecule has 18 heavy (non-hydrogen) atoms. The third-order valence-electron chi connectivity index (χ3n) is 3.62. The zero-order valence-corrected chi connectivity index (χ0v) is 11.9. The van der Waals surface area contributed by atoms with Crippen LogP contribution in [0.15, 0.2) is 24.3 Å². The van der Waals surface area contributed by atoms with Gasteiger partial charge in [-0.1, -0.05) is 36.6 Å². The maximum Gasteiger partial charge on any atom is 0.0409 e. The molecule has 0 saturated heterocycles. The minimum absolute atomic E-state index is 0.768. The molecule has 1 aromatic carbocycles. The van der Waals surface area contributed by atoms with Crippen molar-refractivity contribution < 1.29 is 0 Å². The highest BCUT2D eigenvalue weighted by Crippen LogP contribution is 2.17. The molecule has 1 aromatic rings. The number of rotatable bonds is 6. The third-order valence-corrected chi connectivity index (χ3v) is 3.86. The molecule has 0 bridgehead atoms. The van der Waals surface area contributed by atoms with Crippen molar-refractivity contribution in [3.05, 3.63) is 34.9 Å². The summed E-state index contributed by atoms with van der Waals surface area (Å²) in [6, 6.07) is 8.88. The summed E-state index contributed by atoms with van der Waals surface area (Å²) in [5.74, 6) is 0. The van der Waals surface area contributed by atoms with Crippen LogP contribution in [0, 0.1) is 0 Å². The van der Waals surface area contributed by atoms with Crippen molar-refractivity contribution in [2.45, 2.75) is 38.3 Å². The lowest BCUT2D eigenvalue weighted by molar-refractivity contribution is 0.316. The molecule has 0 heterocycles. The number of benzene rings is 1. The monoisotopic (exact) mass is 266 g/mol. The van der Waals surface area contributed by atoms with E-state index < -0.39 is 0 Å². The van der Waals surface area contributed by atoms with Crippen LogP contribution in [0.4, 0.5) is 0 Å². The van der Waals surface area contributed by atoms with Gasteiger partial charge in [-0.3, -0.25) is 0 Å². The highest BCUT2D eigenvalue weighted by Gasteiger charge is 2.13. The molecule has 0 radical (unpaired) electrons. The standard InChI is InChI=1S/C15H23ClN2/c1-18(10-9-17-15-7-2-3-8-15)12-13-5-4-6-14(16)11-13/h4-6,11,15,17H,2-3,7-10,12H2,1H3. The maximum absolute atomic E-state index is 5.99. The Balaban J connectivity index is 1.66. The summed E-state index contributed by atoms with van der Waals surface area (Å²) in [6.07, 6.45) is 5.52. The normalized spacial score (nSPS) is 16.6. The molecule has 0 spiro atoms. The molecular weight excluding hydrogens is 244 g/mol. The van der Waals surface area contributed by atoms with Crippen molar-refractivity contribution in [3.8, 4) is 0 Å². The van der Waals surface area contributed by atoms with E-state index in [1.807, 2.05) is 18.2 Å².